The van der Waals surface area contributed by atoms with Crippen molar-refractivity contribution in [2.45, 2.75) is 257 Å². The molecule has 60 heavy (non-hydrogen) atoms. The molecule has 0 rings (SSSR count). The lowest BCUT2D eigenvalue weighted by atomic mass is 10.0. The van der Waals surface area contributed by atoms with Crippen LogP contribution in [-0.4, -0.2) is 59.9 Å². The van der Waals surface area contributed by atoms with Crippen molar-refractivity contribution in [3.05, 3.63) is 12.2 Å². The van der Waals surface area contributed by atoms with Crippen LogP contribution in [0.25, 0.3) is 0 Å². The summed E-state index contributed by atoms with van der Waals surface area (Å²) in [6, 6.07) is -1.52. The number of rotatable bonds is 47. The Morgan fingerprint density at radius 2 is 0.833 bits per heavy atom. The van der Waals surface area contributed by atoms with Gasteiger partial charge >= 0.3 is 25.7 Å². The van der Waals surface area contributed by atoms with Gasteiger partial charge in [-0.1, -0.05) is 206 Å². The van der Waals surface area contributed by atoms with Crippen LogP contribution in [0.4, 0.5) is 0 Å². The maximum absolute atomic E-state index is 12.7. The first kappa shape index (κ1) is 58.2. The van der Waals surface area contributed by atoms with E-state index in [0.717, 1.165) is 38.5 Å². The van der Waals surface area contributed by atoms with Crippen LogP contribution in [0.1, 0.15) is 245 Å². The molecule has 0 radical (unpaired) electrons. The van der Waals surface area contributed by atoms with E-state index in [1.807, 2.05) is 0 Å². The number of allylic oxidation sites excluding steroid dienone is 2. The fraction of sp³-hybridized carbons (Fsp3) is 0.896. The van der Waals surface area contributed by atoms with E-state index in [1.165, 1.54) is 167 Å². The van der Waals surface area contributed by atoms with E-state index >= 15 is 0 Å². The first-order valence-electron chi connectivity index (χ1n) is 24.7. The van der Waals surface area contributed by atoms with Gasteiger partial charge in [-0.05, 0) is 38.5 Å². The molecular weight excluding hydrogens is 781 g/mol. The highest BCUT2D eigenvalue weighted by Gasteiger charge is 2.28. The molecule has 0 aromatic heterocycles. The Bertz CT molecular complexity index is 1070. The van der Waals surface area contributed by atoms with Gasteiger partial charge in [0.15, 0.2) is 6.10 Å². The number of carboxylic acid groups (broad SMARTS) is 1. The third kappa shape index (κ3) is 42.9. The van der Waals surface area contributed by atoms with Crippen LogP contribution in [0.15, 0.2) is 12.2 Å². The number of aliphatic carboxylic acids is 1. The average molecular weight is 874 g/mol. The Balaban J connectivity index is 4.23. The maximum Gasteiger partial charge on any atom is 0.472 e. The van der Waals surface area contributed by atoms with E-state index in [-0.39, 0.29) is 19.4 Å². The molecule has 3 atom stereocenters. The number of unbranched alkanes of at least 4 members (excludes halogenated alkanes) is 31. The summed E-state index contributed by atoms with van der Waals surface area (Å²) in [5.74, 6) is -2.36. The fourth-order valence-corrected chi connectivity index (χ4v) is 7.90. The van der Waals surface area contributed by atoms with Crippen molar-refractivity contribution in [1.82, 2.24) is 0 Å². The predicted molar refractivity (Wildman–Crippen MR) is 245 cm³/mol. The highest BCUT2D eigenvalue weighted by Crippen LogP contribution is 2.43. The van der Waals surface area contributed by atoms with Crippen LogP contribution >= 0.6 is 7.82 Å². The van der Waals surface area contributed by atoms with E-state index in [4.69, 9.17) is 24.8 Å². The number of carboxylic acids is 1. The van der Waals surface area contributed by atoms with Crippen molar-refractivity contribution in [1.29, 1.82) is 0 Å². The highest BCUT2D eigenvalue weighted by atomic mass is 31.2. The molecule has 0 heterocycles. The minimum Gasteiger partial charge on any atom is -0.480 e. The summed E-state index contributed by atoms with van der Waals surface area (Å²) in [6.45, 7) is 2.84. The van der Waals surface area contributed by atoms with Crippen LogP contribution in [0.2, 0.25) is 0 Å². The third-order valence-corrected chi connectivity index (χ3v) is 12.0. The van der Waals surface area contributed by atoms with Crippen molar-refractivity contribution in [2.75, 3.05) is 19.8 Å². The van der Waals surface area contributed by atoms with Gasteiger partial charge in [0.2, 0.25) is 0 Å². The highest BCUT2D eigenvalue weighted by molar-refractivity contribution is 7.47. The van der Waals surface area contributed by atoms with Gasteiger partial charge in [0.1, 0.15) is 12.6 Å². The average Bonchev–Trinajstić information content (AvgIpc) is 3.22. The van der Waals surface area contributed by atoms with Gasteiger partial charge in [0.25, 0.3) is 0 Å². The summed E-state index contributed by atoms with van der Waals surface area (Å²) in [6.07, 6.45) is 45.6. The molecular formula is C48H92NO10P. The van der Waals surface area contributed by atoms with Crippen molar-refractivity contribution in [3.8, 4) is 0 Å². The molecule has 11 nitrogen and oxygen atoms in total. The molecule has 0 aromatic carbocycles. The van der Waals surface area contributed by atoms with E-state index in [0.29, 0.717) is 12.8 Å². The van der Waals surface area contributed by atoms with Crippen LogP contribution in [0.3, 0.4) is 0 Å². The summed E-state index contributed by atoms with van der Waals surface area (Å²) in [4.78, 5) is 46.1. The molecule has 0 aliphatic carbocycles. The van der Waals surface area contributed by atoms with E-state index in [9.17, 15) is 23.8 Å². The maximum atomic E-state index is 12.7. The quantitative estimate of drug-likeness (QED) is 0.0230. The van der Waals surface area contributed by atoms with Crippen molar-refractivity contribution in [2.24, 2.45) is 5.73 Å². The second-order valence-electron chi connectivity index (χ2n) is 17.0. The molecule has 0 bridgehead atoms. The Hall–Kier alpha value is -1.78. The van der Waals surface area contributed by atoms with Crippen LogP contribution < -0.4 is 5.73 Å². The smallest absolute Gasteiger partial charge is 0.472 e. The van der Waals surface area contributed by atoms with E-state index in [2.05, 4.69) is 30.5 Å². The van der Waals surface area contributed by atoms with Gasteiger partial charge in [-0.2, -0.15) is 0 Å². The van der Waals surface area contributed by atoms with Gasteiger partial charge in [0.05, 0.1) is 13.2 Å². The molecule has 0 saturated carbocycles. The standard InChI is InChI=1S/C48H92NO10P/c1-3-5-7-9-11-13-15-17-19-20-21-22-23-24-26-28-30-32-34-36-38-40-47(51)59-44(42-57-60(54,55)58-43-45(49)48(52)53)41-56-46(50)39-37-35-33-31-29-27-25-18-16-14-12-10-8-6-4-2/h17,19,44-45H,3-16,18,20-43,49H2,1-2H3,(H,52,53)(H,54,55)/b19-17-/t44-,45+/m1/s1. The summed E-state index contributed by atoms with van der Waals surface area (Å²) < 4.78 is 32.8. The minimum atomic E-state index is -4.71. The van der Waals surface area contributed by atoms with Gasteiger partial charge in [-0.15, -0.1) is 0 Å². The van der Waals surface area contributed by atoms with Crippen LogP contribution in [-0.2, 0) is 37.5 Å². The third-order valence-electron chi connectivity index (χ3n) is 11.0. The number of ether oxygens (including phenoxy) is 2. The summed E-state index contributed by atoms with van der Waals surface area (Å²) >= 11 is 0. The number of carbonyl (C=O) groups is 3. The fourth-order valence-electron chi connectivity index (χ4n) is 7.12. The molecule has 0 aliphatic rings. The van der Waals surface area contributed by atoms with Gasteiger partial charge in [-0.3, -0.25) is 23.4 Å². The SMILES string of the molecule is CCCCCCCC/C=C\CCCCCCCCCCCCCC(=O)O[C@H](COC(=O)CCCCCCCCCCCCCCCCC)COP(=O)(O)OC[C@H](N)C(=O)O. The van der Waals surface area contributed by atoms with Crippen molar-refractivity contribution >= 4 is 25.7 Å². The van der Waals surface area contributed by atoms with Crippen LogP contribution in [0, 0.1) is 0 Å². The topological polar surface area (TPSA) is 172 Å². The molecule has 0 aromatic rings. The molecule has 0 fully saturated rings. The Kier molecular flexibility index (Phi) is 42.6. The Labute approximate surface area is 367 Å². The lowest BCUT2D eigenvalue weighted by Crippen LogP contribution is -2.34. The Morgan fingerprint density at radius 1 is 0.500 bits per heavy atom. The molecule has 354 valence electrons. The zero-order valence-electron chi connectivity index (χ0n) is 38.6. The number of esters is 2. The zero-order valence-corrected chi connectivity index (χ0v) is 39.5. The zero-order chi connectivity index (χ0) is 44.2. The summed E-state index contributed by atoms with van der Waals surface area (Å²) in [5.41, 5.74) is 5.35. The largest absolute Gasteiger partial charge is 0.480 e. The lowest BCUT2D eigenvalue weighted by molar-refractivity contribution is -0.161. The first-order chi connectivity index (χ1) is 29.1. The summed E-state index contributed by atoms with van der Waals surface area (Å²) in [5, 5.41) is 8.91. The molecule has 0 amide bonds. The summed E-state index contributed by atoms with van der Waals surface area (Å²) in [7, 11) is -4.71. The molecule has 12 heteroatoms. The molecule has 1 unspecified atom stereocenters. The van der Waals surface area contributed by atoms with Crippen molar-refractivity contribution in [3.63, 3.8) is 0 Å². The van der Waals surface area contributed by atoms with E-state index < -0.39 is 51.1 Å². The second-order valence-corrected chi connectivity index (χ2v) is 18.4. The number of nitrogens with two attached hydrogens (primary N) is 1. The van der Waals surface area contributed by atoms with Gasteiger partial charge < -0.3 is 25.2 Å². The Morgan fingerprint density at radius 3 is 1.22 bits per heavy atom. The van der Waals surface area contributed by atoms with Crippen molar-refractivity contribution < 1.29 is 47.5 Å². The predicted octanol–water partition coefficient (Wildman–Crippen LogP) is 13.6. The molecule has 0 saturated heterocycles. The number of phosphoric acid groups is 1. The molecule has 0 aliphatic heterocycles. The number of carbonyl (C=O) groups excluding carboxylic acids is 2. The minimum absolute atomic E-state index is 0.165. The van der Waals surface area contributed by atoms with E-state index in [1.54, 1.807) is 0 Å². The lowest BCUT2D eigenvalue weighted by Gasteiger charge is -2.20. The van der Waals surface area contributed by atoms with Crippen LogP contribution in [0.5, 0.6) is 0 Å². The molecule has 4 N–H and O–H groups in total. The van der Waals surface area contributed by atoms with Gasteiger partial charge in [-0.25, -0.2) is 4.57 Å². The number of hydrogen-bond acceptors (Lipinski definition) is 9. The molecule has 0 spiro atoms. The number of hydrogen-bond donors (Lipinski definition) is 3. The first-order valence-corrected chi connectivity index (χ1v) is 26.2. The second kappa shape index (κ2) is 43.9. The van der Waals surface area contributed by atoms with Gasteiger partial charge in [0, 0.05) is 12.8 Å². The number of phosphoric ester groups is 1. The normalized spacial score (nSPS) is 13.7. The monoisotopic (exact) mass is 874 g/mol.